The van der Waals surface area contributed by atoms with E-state index in [0.29, 0.717) is 6.04 Å². The monoisotopic (exact) mass is 199 g/mol. The van der Waals surface area contributed by atoms with E-state index in [0.717, 1.165) is 13.1 Å². The van der Waals surface area contributed by atoms with Gasteiger partial charge in [0.25, 0.3) is 0 Å². The van der Waals surface area contributed by atoms with Crippen molar-refractivity contribution in [2.75, 3.05) is 39.8 Å². The summed E-state index contributed by atoms with van der Waals surface area (Å²) in [6, 6.07) is 0.678. The molecule has 0 aromatic carbocycles. The normalized spacial score (nSPS) is 26.8. The van der Waals surface area contributed by atoms with Crippen LogP contribution in [-0.2, 0) is 0 Å². The van der Waals surface area contributed by atoms with Crippen molar-refractivity contribution in [1.29, 1.82) is 0 Å². The molecule has 2 N–H and O–H groups in total. The molecule has 1 saturated heterocycles. The van der Waals surface area contributed by atoms with Crippen LogP contribution in [-0.4, -0.2) is 55.6 Å². The summed E-state index contributed by atoms with van der Waals surface area (Å²) < 4.78 is 0. The second-order valence-corrected chi connectivity index (χ2v) is 5.43. The van der Waals surface area contributed by atoms with Gasteiger partial charge in [-0.05, 0) is 25.9 Å². The van der Waals surface area contributed by atoms with Crippen LogP contribution in [0.5, 0.6) is 0 Å². The molecule has 1 fully saturated rings. The Hall–Kier alpha value is -0.120. The minimum Gasteiger partial charge on any atom is -0.330 e. The van der Waals surface area contributed by atoms with Gasteiger partial charge in [0.15, 0.2) is 0 Å². The van der Waals surface area contributed by atoms with Gasteiger partial charge in [-0.3, -0.25) is 4.90 Å². The first-order valence-corrected chi connectivity index (χ1v) is 5.57. The molecule has 1 aliphatic rings. The molecular formula is C11H25N3. The first-order chi connectivity index (χ1) is 6.44. The Morgan fingerprint density at radius 2 is 2.00 bits per heavy atom. The van der Waals surface area contributed by atoms with E-state index in [-0.39, 0.29) is 5.41 Å². The molecule has 0 aromatic rings. The fraction of sp³-hybridized carbons (Fsp3) is 1.00. The maximum Gasteiger partial charge on any atom is 0.0192 e. The van der Waals surface area contributed by atoms with Crippen LogP contribution in [0.15, 0.2) is 0 Å². The number of rotatable bonds is 3. The maximum absolute atomic E-state index is 5.75. The Bertz CT molecular complexity index is 179. The standard InChI is InChI=1S/C11H25N3/c1-10-7-14(6-5-13(10)4)9-11(2,3)8-12/h10H,5-9,12H2,1-4H3. The molecule has 0 aliphatic carbocycles. The number of hydrogen-bond donors (Lipinski definition) is 1. The van der Waals surface area contributed by atoms with Gasteiger partial charge >= 0.3 is 0 Å². The molecular weight excluding hydrogens is 174 g/mol. The van der Waals surface area contributed by atoms with Crippen molar-refractivity contribution in [3.8, 4) is 0 Å². The molecule has 3 heteroatoms. The van der Waals surface area contributed by atoms with E-state index < -0.39 is 0 Å². The third-order valence-corrected chi connectivity index (χ3v) is 3.25. The van der Waals surface area contributed by atoms with Crippen LogP contribution in [0, 0.1) is 5.41 Å². The van der Waals surface area contributed by atoms with Gasteiger partial charge in [-0.1, -0.05) is 13.8 Å². The van der Waals surface area contributed by atoms with E-state index in [1.807, 2.05) is 0 Å². The van der Waals surface area contributed by atoms with Crippen LogP contribution in [0.3, 0.4) is 0 Å². The Balaban J connectivity index is 2.40. The molecule has 3 nitrogen and oxygen atoms in total. The van der Waals surface area contributed by atoms with Crippen LogP contribution >= 0.6 is 0 Å². The molecule has 14 heavy (non-hydrogen) atoms. The van der Waals surface area contributed by atoms with E-state index in [1.54, 1.807) is 0 Å². The highest BCUT2D eigenvalue weighted by Crippen LogP contribution is 2.17. The van der Waals surface area contributed by atoms with Crippen molar-refractivity contribution >= 4 is 0 Å². The number of nitrogens with zero attached hydrogens (tertiary/aromatic N) is 2. The number of piperazine rings is 1. The first kappa shape index (κ1) is 12.0. The van der Waals surface area contributed by atoms with Crippen molar-refractivity contribution < 1.29 is 0 Å². The lowest BCUT2D eigenvalue weighted by molar-refractivity contribution is 0.0769. The number of likely N-dealkylation sites (N-methyl/N-ethyl adjacent to an activating group) is 1. The second kappa shape index (κ2) is 4.60. The van der Waals surface area contributed by atoms with Crippen LogP contribution in [0.4, 0.5) is 0 Å². The average Bonchev–Trinajstić information content (AvgIpc) is 2.11. The molecule has 0 aromatic heterocycles. The molecule has 1 unspecified atom stereocenters. The average molecular weight is 199 g/mol. The Morgan fingerprint density at radius 1 is 1.36 bits per heavy atom. The van der Waals surface area contributed by atoms with E-state index in [2.05, 4.69) is 37.6 Å². The molecule has 84 valence electrons. The van der Waals surface area contributed by atoms with E-state index in [1.165, 1.54) is 19.6 Å². The second-order valence-electron chi connectivity index (χ2n) is 5.43. The maximum atomic E-state index is 5.75. The Labute approximate surface area is 88.2 Å². The first-order valence-electron chi connectivity index (χ1n) is 5.57. The van der Waals surface area contributed by atoms with Gasteiger partial charge in [0.05, 0.1) is 0 Å². The number of hydrogen-bond acceptors (Lipinski definition) is 3. The van der Waals surface area contributed by atoms with Crippen LogP contribution in [0.1, 0.15) is 20.8 Å². The summed E-state index contributed by atoms with van der Waals surface area (Å²) in [6.45, 7) is 12.2. The molecule has 0 bridgehead atoms. The predicted octanol–water partition coefficient (Wildman–Crippen LogP) is 0.607. The Morgan fingerprint density at radius 3 is 2.50 bits per heavy atom. The zero-order valence-electron chi connectivity index (χ0n) is 10.1. The van der Waals surface area contributed by atoms with Gasteiger partial charge in [-0.15, -0.1) is 0 Å². The van der Waals surface area contributed by atoms with Crippen LogP contribution in [0.2, 0.25) is 0 Å². The lowest BCUT2D eigenvalue weighted by Gasteiger charge is -2.40. The van der Waals surface area contributed by atoms with Crippen molar-refractivity contribution in [2.45, 2.75) is 26.8 Å². The molecule has 1 heterocycles. The summed E-state index contributed by atoms with van der Waals surface area (Å²) in [5, 5.41) is 0. The zero-order chi connectivity index (χ0) is 10.8. The molecule has 1 atom stereocenters. The van der Waals surface area contributed by atoms with Crippen LogP contribution in [0.25, 0.3) is 0 Å². The minimum atomic E-state index is 0.260. The molecule has 1 rings (SSSR count). The fourth-order valence-corrected chi connectivity index (χ4v) is 1.94. The van der Waals surface area contributed by atoms with Crippen molar-refractivity contribution in [3.05, 3.63) is 0 Å². The summed E-state index contributed by atoms with van der Waals surface area (Å²) in [5.41, 5.74) is 6.01. The van der Waals surface area contributed by atoms with Crippen molar-refractivity contribution in [2.24, 2.45) is 11.1 Å². The summed E-state index contributed by atoms with van der Waals surface area (Å²) in [6.07, 6.45) is 0. The van der Waals surface area contributed by atoms with Crippen molar-refractivity contribution in [1.82, 2.24) is 9.80 Å². The van der Waals surface area contributed by atoms with E-state index >= 15 is 0 Å². The third kappa shape index (κ3) is 3.23. The highest BCUT2D eigenvalue weighted by atomic mass is 15.3. The van der Waals surface area contributed by atoms with E-state index in [4.69, 9.17) is 5.73 Å². The number of nitrogens with two attached hydrogens (primary N) is 1. The smallest absolute Gasteiger partial charge is 0.0192 e. The summed E-state index contributed by atoms with van der Waals surface area (Å²) in [5.74, 6) is 0. The largest absolute Gasteiger partial charge is 0.330 e. The molecule has 0 amide bonds. The SMILES string of the molecule is CC1CN(CC(C)(C)CN)CCN1C. The summed E-state index contributed by atoms with van der Waals surface area (Å²) in [7, 11) is 2.20. The van der Waals surface area contributed by atoms with Gasteiger partial charge in [0, 0.05) is 32.2 Å². The zero-order valence-corrected chi connectivity index (χ0v) is 10.1. The molecule has 0 saturated carbocycles. The topological polar surface area (TPSA) is 32.5 Å². The lowest BCUT2D eigenvalue weighted by Crippen LogP contribution is -2.52. The molecule has 0 spiro atoms. The molecule has 1 aliphatic heterocycles. The molecule has 0 radical (unpaired) electrons. The third-order valence-electron chi connectivity index (χ3n) is 3.25. The summed E-state index contributed by atoms with van der Waals surface area (Å²) >= 11 is 0. The van der Waals surface area contributed by atoms with Gasteiger partial charge in [0.2, 0.25) is 0 Å². The van der Waals surface area contributed by atoms with Gasteiger partial charge in [-0.25, -0.2) is 0 Å². The van der Waals surface area contributed by atoms with Gasteiger partial charge < -0.3 is 10.6 Å². The Kier molecular flexibility index (Phi) is 3.93. The minimum absolute atomic E-state index is 0.260. The van der Waals surface area contributed by atoms with Crippen molar-refractivity contribution in [3.63, 3.8) is 0 Å². The lowest BCUT2D eigenvalue weighted by atomic mass is 9.92. The predicted molar refractivity (Wildman–Crippen MR) is 61.4 cm³/mol. The highest BCUT2D eigenvalue weighted by Gasteiger charge is 2.25. The van der Waals surface area contributed by atoms with Gasteiger partial charge in [-0.2, -0.15) is 0 Å². The fourth-order valence-electron chi connectivity index (χ4n) is 1.94. The van der Waals surface area contributed by atoms with Crippen LogP contribution < -0.4 is 5.73 Å². The summed E-state index contributed by atoms with van der Waals surface area (Å²) in [4.78, 5) is 4.96. The quantitative estimate of drug-likeness (QED) is 0.723. The van der Waals surface area contributed by atoms with Gasteiger partial charge in [0.1, 0.15) is 0 Å². The highest BCUT2D eigenvalue weighted by molar-refractivity contribution is 4.81. The van der Waals surface area contributed by atoms with E-state index in [9.17, 15) is 0 Å².